The number of hydrogen-bond donors (Lipinski definition) is 1. The summed E-state index contributed by atoms with van der Waals surface area (Å²) in [6.45, 7) is 5.66. The van der Waals surface area contributed by atoms with Gasteiger partial charge in [-0.1, -0.05) is 15.9 Å². The largest absolute Gasteiger partial charge is 0.454 e. The maximum Gasteiger partial charge on any atom is 0.255 e. The highest BCUT2D eigenvalue weighted by Gasteiger charge is 2.22. The molecule has 15 heavy (non-hydrogen) atoms. The molecule has 0 unspecified atom stereocenters. The second-order valence-corrected chi connectivity index (χ2v) is 5.33. The SMILES string of the molecule is Cc1oc(Br)cc1C(=O)NC(C)(C)CBr. The van der Waals surface area contributed by atoms with Crippen LogP contribution in [-0.4, -0.2) is 16.8 Å². The molecule has 0 aliphatic heterocycles. The fraction of sp³-hybridized carbons (Fsp3) is 0.500. The number of alkyl halides is 1. The third-order valence-corrected chi connectivity index (χ3v) is 3.71. The highest BCUT2D eigenvalue weighted by atomic mass is 79.9. The van der Waals surface area contributed by atoms with Crippen LogP contribution in [0.3, 0.4) is 0 Å². The van der Waals surface area contributed by atoms with Crippen LogP contribution >= 0.6 is 31.9 Å². The third kappa shape index (κ3) is 3.34. The van der Waals surface area contributed by atoms with Gasteiger partial charge in [0.15, 0.2) is 4.67 Å². The monoisotopic (exact) mass is 337 g/mol. The van der Waals surface area contributed by atoms with Crippen molar-refractivity contribution in [2.45, 2.75) is 26.3 Å². The standard InChI is InChI=1S/C10H13Br2NO2/c1-6-7(4-8(12)15-6)9(14)13-10(2,3)5-11/h4H,5H2,1-3H3,(H,13,14). The molecule has 0 saturated heterocycles. The van der Waals surface area contributed by atoms with Crippen molar-refractivity contribution in [1.29, 1.82) is 0 Å². The summed E-state index contributed by atoms with van der Waals surface area (Å²) in [5.41, 5.74) is 0.295. The minimum Gasteiger partial charge on any atom is -0.454 e. The Morgan fingerprint density at radius 3 is 2.60 bits per heavy atom. The van der Waals surface area contributed by atoms with Crippen LogP contribution < -0.4 is 5.32 Å². The topological polar surface area (TPSA) is 42.2 Å². The number of rotatable bonds is 3. The first kappa shape index (κ1) is 12.8. The van der Waals surface area contributed by atoms with Gasteiger partial charge < -0.3 is 9.73 Å². The Hall–Kier alpha value is -0.290. The fourth-order valence-electron chi connectivity index (χ4n) is 1.08. The van der Waals surface area contributed by atoms with Gasteiger partial charge >= 0.3 is 0 Å². The van der Waals surface area contributed by atoms with E-state index in [9.17, 15) is 4.79 Å². The molecule has 0 aliphatic rings. The van der Waals surface area contributed by atoms with Crippen LogP contribution in [0.4, 0.5) is 0 Å². The van der Waals surface area contributed by atoms with Gasteiger partial charge in [0.25, 0.3) is 5.91 Å². The Kier molecular flexibility index (Phi) is 4.00. The highest BCUT2D eigenvalue weighted by molar-refractivity contribution is 9.10. The van der Waals surface area contributed by atoms with Crippen LogP contribution in [0.25, 0.3) is 0 Å². The number of carbonyl (C=O) groups is 1. The van der Waals surface area contributed by atoms with E-state index in [-0.39, 0.29) is 11.4 Å². The molecule has 0 aliphatic carbocycles. The van der Waals surface area contributed by atoms with Gasteiger partial charge in [0, 0.05) is 16.9 Å². The Labute approximate surface area is 106 Å². The van der Waals surface area contributed by atoms with Gasteiger partial charge in [-0.05, 0) is 36.7 Å². The number of aryl methyl sites for hydroxylation is 1. The van der Waals surface area contributed by atoms with E-state index < -0.39 is 0 Å². The molecule has 5 heteroatoms. The summed E-state index contributed by atoms with van der Waals surface area (Å²) < 4.78 is 5.80. The Morgan fingerprint density at radius 1 is 1.60 bits per heavy atom. The number of amides is 1. The second-order valence-electron chi connectivity index (χ2n) is 3.99. The normalized spacial score (nSPS) is 11.5. The summed E-state index contributed by atoms with van der Waals surface area (Å²) >= 11 is 6.54. The quantitative estimate of drug-likeness (QED) is 0.859. The first-order valence-electron chi connectivity index (χ1n) is 4.50. The lowest BCUT2D eigenvalue weighted by Crippen LogP contribution is -2.44. The zero-order valence-corrected chi connectivity index (χ0v) is 12.0. The molecule has 0 saturated carbocycles. The molecule has 1 rings (SSSR count). The van der Waals surface area contributed by atoms with E-state index in [2.05, 4.69) is 37.2 Å². The summed E-state index contributed by atoms with van der Waals surface area (Å²) in [7, 11) is 0. The van der Waals surface area contributed by atoms with Crippen LogP contribution in [0.5, 0.6) is 0 Å². The molecule has 0 spiro atoms. The minimum atomic E-state index is -0.271. The maximum absolute atomic E-state index is 11.8. The van der Waals surface area contributed by atoms with Crippen molar-refractivity contribution < 1.29 is 9.21 Å². The van der Waals surface area contributed by atoms with Gasteiger partial charge in [-0.25, -0.2) is 0 Å². The zero-order valence-electron chi connectivity index (χ0n) is 8.86. The summed E-state index contributed by atoms with van der Waals surface area (Å²) in [5, 5.41) is 3.61. The fourth-order valence-corrected chi connectivity index (χ4v) is 1.69. The molecule has 84 valence electrons. The van der Waals surface area contributed by atoms with E-state index in [0.717, 1.165) is 0 Å². The molecule has 0 fully saturated rings. The molecule has 1 N–H and O–H groups in total. The molecule has 0 aromatic carbocycles. The summed E-state index contributed by atoms with van der Waals surface area (Å²) in [6.07, 6.45) is 0. The van der Waals surface area contributed by atoms with Gasteiger partial charge in [0.2, 0.25) is 0 Å². The molecule has 1 aromatic rings. The Balaban J connectivity index is 2.82. The first-order chi connectivity index (χ1) is 6.85. The molecule has 0 radical (unpaired) electrons. The van der Waals surface area contributed by atoms with E-state index in [1.54, 1.807) is 13.0 Å². The predicted octanol–water partition coefficient (Wildman–Crippen LogP) is 3.25. The van der Waals surface area contributed by atoms with Crippen molar-refractivity contribution in [2.24, 2.45) is 0 Å². The lowest BCUT2D eigenvalue weighted by atomic mass is 10.1. The smallest absolute Gasteiger partial charge is 0.255 e. The van der Waals surface area contributed by atoms with Crippen molar-refractivity contribution in [3.05, 3.63) is 22.1 Å². The summed E-state index contributed by atoms with van der Waals surface area (Å²) in [6, 6.07) is 1.68. The molecule has 1 heterocycles. The van der Waals surface area contributed by atoms with Gasteiger partial charge in [-0.3, -0.25) is 4.79 Å². The third-order valence-electron chi connectivity index (χ3n) is 1.92. The number of furan rings is 1. The molecule has 0 bridgehead atoms. The summed E-state index contributed by atoms with van der Waals surface area (Å²) in [4.78, 5) is 11.8. The van der Waals surface area contributed by atoms with E-state index >= 15 is 0 Å². The highest BCUT2D eigenvalue weighted by Crippen LogP contribution is 2.20. The lowest BCUT2D eigenvalue weighted by Gasteiger charge is -2.23. The Bertz CT molecular complexity index is 371. The average Bonchev–Trinajstić information content (AvgIpc) is 2.45. The van der Waals surface area contributed by atoms with Gasteiger partial charge in [0.05, 0.1) is 5.56 Å². The van der Waals surface area contributed by atoms with Crippen molar-refractivity contribution >= 4 is 37.8 Å². The molecule has 0 atom stereocenters. The van der Waals surface area contributed by atoms with E-state index in [1.807, 2.05) is 13.8 Å². The maximum atomic E-state index is 11.8. The average molecular weight is 339 g/mol. The number of halogens is 2. The van der Waals surface area contributed by atoms with E-state index in [1.165, 1.54) is 0 Å². The molecule has 1 amide bonds. The van der Waals surface area contributed by atoms with Crippen molar-refractivity contribution in [3.8, 4) is 0 Å². The minimum absolute atomic E-state index is 0.119. The van der Waals surface area contributed by atoms with E-state index in [0.29, 0.717) is 21.3 Å². The van der Waals surface area contributed by atoms with Crippen LogP contribution in [0.2, 0.25) is 0 Å². The summed E-state index contributed by atoms with van der Waals surface area (Å²) in [5.74, 6) is 0.496. The second kappa shape index (κ2) is 4.70. The van der Waals surface area contributed by atoms with Gasteiger partial charge in [0.1, 0.15) is 5.76 Å². The molecular weight excluding hydrogens is 326 g/mol. The number of hydrogen-bond acceptors (Lipinski definition) is 2. The van der Waals surface area contributed by atoms with Crippen LogP contribution in [0, 0.1) is 6.92 Å². The van der Waals surface area contributed by atoms with Crippen molar-refractivity contribution in [1.82, 2.24) is 5.32 Å². The van der Waals surface area contributed by atoms with E-state index in [4.69, 9.17) is 4.42 Å². The molecule has 3 nitrogen and oxygen atoms in total. The van der Waals surface area contributed by atoms with Gasteiger partial charge in [-0.15, -0.1) is 0 Å². The first-order valence-corrected chi connectivity index (χ1v) is 6.41. The molecular formula is C10H13Br2NO2. The number of carbonyl (C=O) groups excluding carboxylic acids is 1. The van der Waals surface area contributed by atoms with Crippen molar-refractivity contribution in [3.63, 3.8) is 0 Å². The van der Waals surface area contributed by atoms with Gasteiger partial charge in [-0.2, -0.15) is 0 Å². The van der Waals surface area contributed by atoms with Crippen LogP contribution in [0.15, 0.2) is 15.2 Å². The molecule has 1 aromatic heterocycles. The lowest BCUT2D eigenvalue weighted by molar-refractivity contribution is 0.0920. The number of nitrogens with one attached hydrogen (secondary N) is 1. The zero-order chi connectivity index (χ0) is 11.6. The van der Waals surface area contributed by atoms with Crippen LogP contribution in [0.1, 0.15) is 30.0 Å². The Morgan fingerprint density at radius 2 is 2.20 bits per heavy atom. The van der Waals surface area contributed by atoms with Crippen molar-refractivity contribution in [2.75, 3.05) is 5.33 Å². The van der Waals surface area contributed by atoms with Crippen LogP contribution in [-0.2, 0) is 0 Å². The predicted molar refractivity (Wildman–Crippen MR) is 66.5 cm³/mol.